The van der Waals surface area contributed by atoms with Crippen molar-refractivity contribution < 1.29 is 28.6 Å². The molecule has 0 saturated heterocycles. The summed E-state index contributed by atoms with van der Waals surface area (Å²) in [5.41, 5.74) is 6.49. The summed E-state index contributed by atoms with van der Waals surface area (Å²) in [7, 11) is 0. The van der Waals surface area contributed by atoms with E-state index in [9.17, 15) is 14.4 Å². The van der Waals surface area contributed by atoms with Gasteiger partial charge >= 0.3 is 12.1 Å². The fourth-order valence-corrected chi connectivity index (χ4v) is 2.72. The predicted molar refractivity (Wildman–Crippen MR) is 132 cm³/mol. The van der Waals surface area contributed by atoms with Gasteiger partial charge in [-0.15, -0.1) is 0 Å². The second kappa shape index (κ2) is 11.5. The Morgan fingerprint density at radius 3 is 1.91 bits per heavy atom. The highest BCUT2D eigenvalue weighted by atomic mass is 16.6. The van der Waals surface area contributed by atoms with E-state index in [4.69, 9.17) is 19.9 Å². The maximum Gasteiger partial charge on any atom is 0.436 e. The van der Waals surface area contributed by atoms with Crippen LogP contribution in [0.3, 0.4) is 0 Å². The second-order valence-corrected chi connectivity index (χ2v) is 9.76. The first-order valence-electron chi connectivity index (χ1n) is 11.1. The summed E-state index contributed by atoms with van der Waals surface area (Å²) < 4.78 is 16.1. The molecule has 0 spiro atoms. The minimum Gasteiger partial charge on any atom is -0.489 e. The molecule has 0 heterocycles. The molecule has 0 radical (unpaired) electrons. The van der Waals surface area contributed by atoms with Crippen LogP contribution in [-0.4, -0.2) is 41.6 Å². The van der Waals surface area contributed by atoms with E-state index < -0.39 is 23.3 Å². The Hall–Kier alpha value is -3.88. The van der Waals surface area contributed by atoms with Gasteiger partial charge in [0.1, 0.15) is 35.9 Å². The minimum atomic E-state index is -0.746. The Morgan fingerprint density at radius 1 is 0.829 bits per heavy atom. The van der Waals surface area contributed by atoms with E-state index in [1.165, 1.54) is 0 Å². The molecule has 0 saturated carbocycles. The monoisotopic (exact) mass is 483 g/mol. The van der Waals surface area contributed by atoms with Crippen LogP contribution < -0.4 is 15.8 Å². The van der Waals surface area contributed by atoms with Gasteiger partial charge in [-0.25, -0.2) is 4.79 Å². The Kier molecular flexibility index (Phi) is 8.99. The molecule has 2 aromatic carbocycles. The summed E-state index contributed by atoms with van der Waals surface area (Å²) >= 11 is 0. The molecule has 0 atom stereocenters. The lowest BCUT2D eigenvalue weighted by Crippen LogP contribution is -2.34. The van der Waals surface area contributed by atoms with Crippen LogP contribution in [0.4, 0.5) is 4.79 Å². The van der Waals surface area contributed by atoms with Gasteiger partial charge in [0.2, 0.25) is 0 Å². The number of amidine groups is 1. The lowest BCUT2D eigenvalue weighted by atomic mass is 10.1. The number of nitrogens with two attached hydrogens (primary N) is 1. The van der Waals surface area contributed by atoms with Gasteiger partial charge in [-0.2, -0.15) is 4.99 Å². The SMILES string of the molecule is CC(C)(C)OC(=O)CNC(=O)c1ccc(OCc2ccc(/C(N)=N/C(=O)OC(C)(C)C)cc2)cc1. The Morgan fingerprint density at radius 2 is 1.37 bits per heavy atom. The average molecular weight is 484 g/mol. The van der Waals surface area contributed by atoms with E-state index in [-0.39, 0.29) is 24.9 Å². The molecular formula is C26H33N3O6. The fraction of sp³-hybridized carbons (Fsp3) is 0.385. The molecule has 9 heteroatoms. The summed E-state index contributed by atoms with van der Waals surface area (Å²) in [6, 6.07) is 13.6. The quantitative estimate of drug-likeness (QED) is 0.346. The number of carbonyl (C=O) groups is 3. The van der Waals surface area contributed by atoms with Crippen molar-refractivity contribution in [1.29, 1.82) is 0 Å². The molecular weight excluding hydrogens is 450 g/mol. The van der Waals surface area contributed by atoms with Crippen molar-refractivity contribution in [3.05, 3.63) is 65.2 Å². The molecule has 35 heavy (non-hydrogen) atoms. The molecule has 0 aliphatic heterocycles. The zero-order chi connectivity index (χ0) is 26.2. The lowest BCUT2D eigenvalue weighted by molar-refractivity contribution is -0.153. The van der Waals surface area contributed by atoms with Crippen molar-refractivity contribution in [3.63, 3.8) is 0 Å². The van der Waals surface area contributed by atoms with Crippen molar-refractivity contribution in [2.45, 2.75) is 59.4 Å². The number of ether oxygens (including phenoxy) is 3. The number of rotatable bonds is 7. The number of hydrogen-bond donors (Lipinski definition) is 2. The molecule has 0 aromatic heterocycles. The van der Waals surface area contributed by atoms with Gasteiger partial charge in [-0.3, -0.25) is 9.59 Å². The van der Waals surface area contributed by atoms with Crippen molar-refractivity contribution in [2.75, 3.05) is 6.54 Å². The number of nitrogens with one attached hydrogen (secondary N) is 1. The third-order valence-corrected chi connectivity index (χ3v) is 4.19. The zero-order valence-corrected chi connectivity index (χ0v) is 21.0. The molecule has 0 fully saturated rings. The smallest absolute Gasteiger partial charge is 0.436 e. The van der Waals surface area contributed by atoms with Gasteiger partial charge in [-0.1, -0.05) is 24.3 Å². The molecule has 0 unspecified atom stereocenters. The predicted octanol–water partition coefficient (Wildman–Crippen LogP) is 3.98. The number of esters is 1. The third kappa shape index (κ3) is 10.3. The maximum absolute atomic E-state index is 12.2. The first kappa shape index (κ1) is 27.4. The number of nitrogens with zero attached hydrogens (tertiary/aromatic N) is 1. The number of aliphatic imine (C=N–C) groups is 1. The first-order chi connectivity index (χ1) is 16.2. The average Bonchev–Trinajstić information content (AvgIpc) is 2.74. The van der Waals surface area contributed by atoms with Gasteiger partial charge in [-0.05, 0) is 71.4 Å². The normalized spacial score (nSPS) is 12.0. The van der Waals surface area contributed by atoms with Crippen molar-refractivity contribution in [1.82, 2.24) is 5.32 Å². The summed E-state index contributed by atoms with van der Waals surface area (Å²) in [6.07, 6.45) is -0.746. The number of carbonyl (C=O) groups excluding carboxylic acids is 3. The van der Waals surface area contributed by atoms with E-state index in [0.29, 0.717) is 16.9 Å². The van der Waals surface area contributed by atoms with E-state index in [1.54, 1.807) is 77.9 Å². The highest BCUT2D eigenvalue weighted by molar-refractivity contribution is 6.02. The summed E-state index contributed by atoms with van der Waals surface area (Å²) in [5.74, 6) is -0.255. The van der Waals surface area contributed by atoms with E-state index >= 15 is 0 Å². The molecule has 2 amide bonds. The Bertz CT molecular complexity index is 1060. The molecule has 9 nitrogen and oxygen atoms in total. The van der Waals surface area contributed by atoms with E-state index in [1.807, 2.05) is 12.1 Å². The summed E-state index contributed by atoms with van der Waals surface area (Å²) in [4.78, 5) is 39.5. The number of amides is 2. The molecule has 0 aliphatic rings. The first-order valence-corrected chi connectivity index (χ1v) is 11.1. The minimum absolute atomic E-state index is 0.0623. The van der Waals surface area contributed by atoms with Gasteiger partial charge < -0.3 is 25.3 Å². The highest BCUT2D eigenvalue weighted by Crippen LogP contribution is 2.15. The Labute approximate surface area is 205 Å². The van der Waals surface area contributed by atoms with Crippen molar-refractivity contribution >= 4 is 23.8 Å². The molecule has 0 bridgehead atoms. The maximum atomic E-state index is 12.2. The lowest BCUT2D eigenvalue weighted by Gasteiger charge is -2.19. The van der Waals surface area contributed by atoms with Crippen LogP contribution in [0.5, 0.6) is 5.75 Å². The molecule has 3 N–H and O–H groups in total. The highest BCUT2D eigenvalue weighted by Gasteiger charge is 2.17. The molecule has 2 aromatic rings. The van der Waals surface area contributed by atoms with Crippen LogP contribution in [-0.2, 0) is 20.9 Å². The van der Waals surface area contributed by atoms with E-state index in [2.05, 4.69) is 10.3 Å². The van der Waals surface area contributed by atoms with Crippen molar-refractivity contribution in [2.24, 2.45) is 10.7 Å². The van der Waals surface area contributed by atoms with Crippen LogP contribution in [0.2, 0.25) is 0 Å². The molecule has 2 rings (SSSR count). The van der Waals surface area contributed by atoms with Gasteiger partial charge in [0, 0.05) is 11.1 Å². The second-order valence-electron chi connectivity index (χ2n) is 9.76. The van der Waals surface area contributed by atoms with Crippen LogP contribution in [0, 0.1) is 0 Å². The fourth-order valence-electron chi connectivity index (χ4n) is 2.72. The largest absolute Gasteiger partial charge is 0.489 e. The topological polar surface area (TPSA) is 129 Å². The van der Waals surface area contributed by atoms with Crippen LogP contribution in [0.25, 0.3) is 0 Å². The third-order valence-electron chi connectivity index (χ3n) is 4.19. The van der Waals surface area contributed by atoms with Crippen LogP contribution in [0.15, 0.2) is 53.5 Å². The summed E-state index contributed by atoms with van der Waals surface area (Å²) in [5, 5.41) is 2.53. The zero-order valence-electron chi connectivity index (χ0n) is 21.0. The number of hydrogen-bond acceptors (Lipinski definition) is 6. The molecule has 0 aliphatic carbocycles. The van der Waals surface area contributed by atoms with Gasteiger partial charge in [0.25, 0.3) is 5.91 Å². The summed E-state index contributed by atoms with van der Waals surface area (Å²) in [6.45, 7) is 10.6. The van der Waals surface area contributed by atoms with Gasteiger partial charge in [0.15, 0.2) is 0 Å². The van der Waals surface area contributed by atoms with Gasteiger partial charge in [0.05, 0.1) is 0 Å². The standard InChI is InChI=1S/C26H33N3O6/c1-25(2,3)34-21(30)15-28-23(31)19-11-13-20(14-12-19)33-16-17-7-9-18(10-8-17)22(27)29-24(32)35-26(4,5)6/h7-14H,15-16H2,1-6H3,(H,28,31)(H2,27,29,32). The van der Waals surface area contributed by atoms with Crippen LogP contribution in [0.1, 0.15) is 63.0 Å². The van der Waals surface area contributed by atoms with Crippen LogP contribution >= 0.6 is 0 Å². The number of benzene rings is 2. The van der Waals surface area contributed by atoms with Crippen molar-refractivity contribution in [3.8, 4) is 5.75 Å². The Balaban J connectivity index is 1.87. The van der Waals surface area contributed by atoms with E-state index in [0.717, 1.165) is 5.56 Å². The molecule has 188 valence electrons.